The standard InChI is InChI=1S/C12H23NO5S/c1-9-6-13(11(14)18-12(2,3)4)7-10(9)8-17-19(5,15)16/h9-10H,6-8H2,1-5H3. The van der Waals surface area contributed by atoms with Crippen molar-refractivity contribution in [2.24, 2.45) is 11.8 Å². The van der Waals surface area contributed by atoms with Gasteiger partial charge in [-0.3, -0.25) is 4.18 Å². The Balaban J connectivity index is 2.53. The third-order valence-electron chi connectivity index (χ3n) is 2.92. The fourth-order valence-corrected chi connectivity index (χ4v) is 2.36. The van der Waals surface area contributed by atoms with Gasteiger partial charge in [-0.1, -0.05) is 6.92 Å². The second kappa shape index (κ2) is 5.66. The third kappa shape index (κ3) is 5.78. The molecule has 2 unspecified atom stereocenters. The van der Waals surface area contributed by atoms with E-state index < -0.39 is 15.7 Å². The largest absolute Gasteiger partial charge is 0.444 e. The first-order valence-corrected chi connectivity index (χ1v) is 8.12. The highest BCUT2D eigenvalue weighted by Crippen LogP contribution is 2.25. The van der Waals surface area contributed by atoms with Crippen LogP contribution in [0.2, 0.25) is 0 Å². The van der Waals surface area contributed by atoms with Gasteiger partial charge in [0.05, 0.1) is 12.9 Å². The van der Waals surface area contributed by atoms with Crippen molar-refractivity contribution >= 4 is 16.2 Å². The van der Waals surface area contributed by atoms with E-state index >= 15 is 0 Å². The maximum atomic E-state index is 11.9. The summed E-state index contributed by atoms with van der Waals surface area (Å²) in [6.45, 7) is 8.55. The quantitative estimate of drug-likeness (QED) is 0.737. The Labute approximate surface area is 115 Å². The van der Waals surface area contributed by atoms with Crippen LogP contribution in [0.15, 0.2) is 0 Å². The Morgan fingerprint density at radius 2 is 1.89 bits per heavy atom. The lowest BCUT2D eigenvalue weighted by atomic mass is 10.00. The summed E-state index contributed by atoms with van der Waals surface area (Å²) in [7, 11) is -3.44. The van der Waals surface area contributed by atoms with Crippen molar-refractivity contribution < 1.29 is 22.1 Å². The van der Waals surface area contributed by atoms with E-state index in [1.54, 1.807) is 4.90 Å². The van der Waals surface area contributed by atoms with E-state index in [0.29, 0.717) is 13.1 Å². The molecule has 6 nitrogen and oxygen atoms in total. The Morgan fingerprint density at radius 1 is 1.32 bits per heavy atom. The zero-order chi connectivity index (χ0) is 14.8. The molecule has 0 bridgehead atoms. The Bertz CT molecular complexity index is 426. The molecule has 0 saturated carbocycles. The third-order valence-corrected chi connectivity index (χ3v) is 3.48. The molecule has 1 rings (SSSR count). The average molecular weight is 293 g/mol. The molecule has 1 saturated heterocycles. The van der Waals surface area contributed by atoms with Crippen molar-refractivity contribution in [3.05, 3.63) is 0 Å². The second-order valence-electron chi connectivity index (χ2n) is 6.11. The molecule has 0 N–H and O–H groups in total. The summed E-state index contributed by atoms with van der Waals surface area (Å²) in [5.41, 5.74) is -0.526. The van der Waals surface area contributed by atoms with Crippen LogP contribution in [0, 0.1) is 11.8 Å². The maximum absolute atomic E-state index is 11.9. The maximum Gasteiger partial charge on any atom is 0.410 e. The van der Waals surface area contributed by atoms with Crippen molar-refractivity contribution in [3.8, 4) is 0 Å². The van der Waals surface area contributed by atoms with Crippen LogP contribution < -0.4 is 0 Å². The second-order valence-corrected chi connectivity index (χ2v) is 7.76. The van der Waals surface area contributed by atoms with Crippen molar-refractivity contribution in [1.29, 1.82) is 0 Å². The molecule has 1 fully saturated rings. The highest BCUT2D eigenvalue weighted by atomic mass is 32.2. The van der Waals surface area contributed by atoms with E-state index in [1.807, 2.05) is 27.7 Å². The van der Waals surface area contributed by atoms with Crippen LogP contribution in [0.3, 0.4) is 0 Å². The monoisotopic (exact) mass is 293 g/mol. The minimum Gasteiger partial charge on any atom is -0.444 e. The molecule has 0 radical (unpaired) electrons. The molecule has 0 aromatic carbocycles. The molecule has 0 aliphatic carbocycles. The summed E-state index contributed by atoms with van der Waals surface area (Å²) >= 11 is 0. The van der Waals surface area contributed by atoms with Crippen molar-refractivity contribution in [1.82, 2.24) is 4.90 Å². The van der Waals surface area contributed by atoms with Gasteiger partial charge < -0.3 is 9.64 Å². The van der Waals surface area contributed by atoms with Crippen LogP contribution in [0.4, 0.5) is 4.79 Å². The molecule has 1 aliphatic heterocycles. The molecular weight excluding hydrogens is 270 g/mol. The van der Waals surface area contributed by atoms with Gasteiger partial charge in [-0.25, -0.2) is 4.79 Å². The number of amides is 1. The lowest BCUT2D eigenvalue weighted by molar-refractivity contribution is 0.0282. The number of likely N-dealkylation sites (tertiary alicyclic amines) is 1. The van der Waals surface area contributed by atoms with E-state index in [2.05, 4.69) is 0 Å². The molecular formula is C12H23NO5S. The zero-order valence-corrected chi connectivity index (χ0v) is 13.0. The van der Waals surface area contributed by atoms with Crippen molar-refractivity contribution in [2.45, 2.75) is 33.3 Å². The van der Waals surface area contributed by atoms with Gasteiger partial charge >= 0.3 is 6.09 Å². The lowest BCUT2D eigenvalue weighted by Crippen LogP contribution is -2.35. The fourth-order valence-electron chi connectivity index (χ4n) is 1.94. The van der Waals surface area contributed by atoms with E-state index in [4.69, 9.17) is 8.92 Å². The minimum absolute atomic E-state index is 0.0160. The van der Waals surface area contributed by atoms with Gasteiger partial charge in [0.25, 0.3) is 10.1 Å². The van der Waals surface area contributed by atoms with E-state index in [0.717, 1.165) is 6.26 Å². The molecule has 2 atom stereocenters. The van der Waals surface area contributed by atoms with E-state index in [-0.39, 0.29) is 24.5 Å². The van der Waals surface area contributed by atoms with Crippen molar-refractivity contribution in [3.63, 3.8) is 0 Å². The first kappa shape index (κ1) is 16.2. The number of carbonyl (C=O) groups excluding carboxylic acids is 1. The molecule has 0 aromatic heterocycles. The van der Waals surface area contributed by atoms with Gasteiger partial charge in [-0.15, -0.1) is 0 Å². The SMILES string of the molecule is CC1CN(C(=O)OC(C)(C)C)CC1COS(C)(=O)=O. The van der Waals surface area contributed by atoms with Gasteiger partial charge in [0.1, 0.15) is 5.60 Å². The molecule has 0 aromatic rings. The summed E-state index contributed by atoms with van der Waals surface area (Å²) in [6.07, 6.45) is 0.666. The lowest BCUT2D eigenvalue weighted by Gasteiger charge is -2.24. The van der Waals surface area contributed by atoms with Gasteiger partial charge in [0, 0.05) is 19.0 Å². The number of rotatable bonds is 3. The summed E-state index contributed by atoms with van der Waals surface area (Å²) in [5, 5.41) is 0. The van der Waals surface area contributed by atoms with Crippen molar-refractivity contribution in [2.75, 3.05) is 26.0 Å². The molecule has 1 heterocycles. The number of ether oxygens (including phenoxy) is 1. The van der Waals surface area contributed by atoms with E-state index in [1.165, 1.54) is 0 Å². The van der Waals surface area contributed by atoms with Crippen LogP contribution in [-0.4, -0.2) is 51.0 Å². The normalized spacial score (nSPS) is 24.6. The van der Waals surface area contributed by atoms with Crippen LogP contribution in [0.25, 0.3) is 0 Å². The molecule has 1 aliphatic rings. The fraction of sp³-hybridized carbons (Fsp3) is 0.917. The summed E-state index contributed by atoms with van der Waals surface area (Å²) in [4.78, 5) is 13.5. The minimum atomic E-state index is -3.44. The van der Waals surface area contributed by atoms with Gasteiger partial charge in [-0.05, 0) is 26.7 Å². The zero-order valence-electron chi connectivity index (χ0n) is 12.2. The molecule has 1 amide bonds. The predicted octanol–water partition coefficient (Wildman–Crippen LogP) is 1.47. The number of nitrogens with zero attached hydrogens (tertiary/aromatic N) is 1. The Morgan fingerprint density at radius 3 is 2.37 bits per heavy atom. The van der Waals surface area contributed by atoms with E-state index in [9.17, 15) is 13.2 Å². The Kier molecular flexibility index (Phi) is 4.84. The highest BCUT2D eigenvalue weighted by Gasteiger charge is 2.35. The van der Waals surface area contributed by atoms with Gasteiger partial charge in [-0.2, -0.15) is 8.42 Å². The van der Waals surface area contributed by atoms with Gasteiger partial charge in [0.2, 0.25) is 0 Å². The first-order valence-electron chi connectivity index (χ1n) is 6.30. The van der Waals surface area contributed by atoms with Crippen LogP contribution in [-0.2, 0) is 19.0 Å². The molecule has 0 spiro atoms. The van der Waals surface area contributed by atoms with Gasteiger partial charge in [0.15, 0.2) is 0 Å². The topological polar surface area (TPSA) is 72.9 Å². The number of carbonyl (C=O) groups is 1. The van der Waals surface area contributed by atoms with Crippen LogP contribution >= 0.6 is 0 Å². The first-order chi connectivity index (χ1) is 8.48. The summed E-state index contributed by atoms with van der Waals surface area (Å²) in [6, 6.07) is 0. The average Bonchev–Trinajstić information content (AvgIpc) is 2.53. The summed E-state index contributed by atoms with van der Waals surface area (Å²) < 4.78 is 32.0. The molecule has 112 valence electrons. The summed E-state index contributed by atoms with van der Waals surface area (Å²) in [5.74, 6) is 0.205. The van der Waals surface area contributed by atoms with Crippen LogP contribution in [0.5, 0.6) is 0 Å². The smallest absolute Gasteiger partial charge is 0.410 e. The predicted molar refractivity (Wildman–Crippen MR) is 71.3 cm³/mol. The highest BCUT2D eigenvalue weighted by molar-refractivity contribution is 7.85. The van der Waals surface area contributed by atoms with Crippen LogP contribution in [0.1, 0.15) is 27.7 Å². The number of hydrogen-bond acceptors (Lipinski definition) is 5. The Hall–Kier alpha value is -0.820. The molecule has 7 heteroatoms. The number of hydrogen-bond donors (Lipinski definition) is 0. The molecule has 19 heavy (non-hydrogen) atoms.